The van der Waals surface area contributed by atoms with Crippen LogP contribution in [-0.4, -0.2) is 42.6 Å². The summed E-state index contributed by atoms with van der Waals surface area (Å²) in [6, 6.07) is -0.0692. The zero-order chi connectivity index (χ0) is 7.40. The third-order valence-electron chi connectivity index (χ3n) is 1.47. The fraction of sp³-hybridized carbons (Fsp3) is 0.833. The number of amidine groups is 1. The SMILES string of the molecule is CN=C([O-])N1CCSCC1. The van der Waals surface area contributed by atoms with E-state index in [1.807, 2.05) is 11.8 Å². The Morgan fingerprint density at radius 1 is 1.50 bits per heavy atom. The van der Waals surface area contributed by atoms with Crippen molar-refractivity contribution in [2.75, 3.05) is 31.6 Å². The van der Waals surface area contributed by atoms with Gasteiger partial charge >= 0.3 is 0 Å². The predicted molar refractivity (Wildman–Crippen MR) is 42.3 cm³/mol. The van der Waals surface area contributed by atoms with E-state index in [1.54, 1.807) is 11.9 Å². The van der Waals surface area contributed by atoms with Gasteiger partial charge in [-0.15, -0.1) is 0 Å². The second kappa shape index (κ2) is 3.71. The molecule has 0 aromatic heterocycles. The first-order valence-electron chi connectivity index (χ1n) is 3.31. The Kier molecular flexibility index (Phi) is 2.86. The second-order valence-electron chi connectivity index (χ2n) is 2.11. The van der Waals surface area contributed by atoms with Crippen molar-refractivity contribution in [1.29, 1.82) is 0 Å². The number of thioether (sulfide) groups is 1. The summed E-state index contributed by atoms with van der Waals surface area (Å²) < 4.78 is 0. The molecule has 0 aromatic carbocycles. The summed E-state index contributed by atoms with van der Waals surface area (Å²) in [5.41, 5.74) is 0. The van der Waals surface area contributed by atoms with Crippen molar-refractivity contribution in [2.24, 2.45) is 4.99 Å². The van der Waals surface area contributed by atoms with E-state index in [-0.39, 0.29) is 6.02 Å². The molecule has 3 nitrogen and oxygen atoms in total. The number of nitrogens with zero attached hydrogens (tertiary/aromatic N) is 2. The number of hydrogen-bond donors (Lipinski definition) is 0. The lowest BCUT2D eigenvalue weighted by Crippen LogP contribution is -2.44. The number of aliphatic imine (C=N–C) groups is 1. The smallest absolute Gasteiger partial charge is 0.0495 e. The highest BCUT2D eigenvalue weighted by Crippen LogP contribution is 2.07. The Labute approximate surface area is 65.1 Å². The summed E-state index contributed by atoms with van der Waals surface area (Å²) in [5.74, 6) is 2.11. The lowest BCUT2D eigenvalue weighted by molar-refractivity contribution is -0.234. The molecule has 4 heteroatoms. The van der Waals surface area contributed by atoms with Crippen molar-refractivity contribution in [1.82, 2.24) is 4.90 Å². The summed E-state index contributed by atoms with van der Waals surface area (Å²) in [6.45, 7) is 1.72. The predicted octanol–water partition coefficient (Wildman–Crippen LogP) is -0.619. The Morgan fingerprint density at radius 3 is 2.60 bits per heavy atom. The van der Waals surface area contributed by atoms with Gasteiger partial charge in [0.1, 0.15) is 0 Å². The molecule has 10 heavy (non-hydrogen) atoms. The molecule has 0 saturated carbocycles. The van der Waals surface area contributed by atoms with Crippen LogP contribution in [-0.2, 0) is 0 Å². The van der Waals surface area contributed by atoms with Gasteiger partial charge in [-0.05, 0) is 0 Å². The summed E-state index contributed by atoms with van der Waals surface area (Å²) in [5, 5.41) is 10.9. The van der Waals surface area contributed by atoms with E-state index in [0.29, 0.717) is 0 Å². The molecule has 1 aliphatic rings. The maximum Gasteiger partial charge on any atom is 0.0495 e. The fourth-order valence-electron chi connectivity index (χ4n) is 0.896. The van der Waals surface area contributed by atoms with Crippen LogP contribution in [0.15, 0.2) is 4.99 Å². The molecule has 0 amide bonds. The van der Waals surface area contributed by atoms with Gasteiger partial charge in [0, 0.05) is 37.7 Å². The molecule has 0 aromatic rings. The van der Waals surface area contributed by atoms with Crippen molar-refractivity contribution in [3.05, 3.63) is 0 Å². The van der Waals surface area contributed by atoms with Crippen LogP contribution in [0.4, 0.5) is 0 Å². The molecular weight excluding hydrogens is 148 g/mol. The normalized spacial score (nSPS) is 21.3. The van der Waals surface area contributed by atoms with Gasteiger partial charge in [0.25, 0.3) is 0 Å². The molecule has 1 fully saturated rings. The molecule has 1 heterocycles. The molecule has 0 N–H and O–H groups in total. The van der Waals surface area contributed by atoms with Crippen molar-refractivity contribution in [3.63, 3.8) is 0 Å². The highest BCUT2D eigenvalue weighted by molar-refractivity contribution is 7.99. The van der Waals surface area contributed by atoms with Gasteiger partial charge in [-0.1, -0.05) is 0 Å². The molecule has 0 aliphatic carbocycles. The van der Waals surface area contributed by atoms with Gasteiger partial charge in [-0.2, -0.15) is 11.8 Å². The fourth-order valence-corrected chi connectivity index (χ4v) is 1.80. The Morgan fingerprint density at radius 2 is 2.10 bits per heavy atom. The van der Waals surface area contributed by atoms with Crippen LogP contribution in [0.25, 0.3) is 0 Å². The Bertz CT molecular complexity index is 132. The lowest BCUT2D eigenvalue weighted by Gasteiger charge is -2.32. The molecule has 0 spiro atoms. The monoisotopic (exact) mass is 159 g/mol. The third-order valence-corrected chi connectivity index (χ3v) is 2.42. The topological polar surface area (TPSA) is 38.7 Å². The van der Waals surface area contributed by atoms with Gasteiger partial charge in [0.05, 0.1) is 0 Å². The van der Waals surface area contributed by atoms with Gasteiger partial charge in [-0.3, -0.25) is 4.99 Å². The molecule has 1 saturated heterocycles. The maximum absolute atomic E-state index is 10.9. The van der Waals surface area contributed by atoms with Crippen molar-refractivity contribution in [2.45, 2.75) is 0 Å². The summed E-state index contributed by atoms with van der Waals surface area (Å²) in [6.07, 6.45) is 0. The van der Waals surface area contributed by atoms with E-state index in [9.17, 15) is 5.11 Å². The molecule has 0 atom stereocenters. The van der Waals surface area contributed by atoms with E-state index in [2.05, 4.69) is 4.99 Å². The van der Waals surface area contributed by atoms with Crippen molar-refractivity contribution < 1.29 is 5.11 Å². The summed E-state index contributed by atoms with van der Waals surface area (Å²) >= 11 is 1.89. The third kappa shape index (κ3) is 1.80. The lowest BCUT2D eigenvalue weighted by atomic mass is 10.5. The minimum absolute atomic E-state index is 0.0692. The van der Waals surface area contributed by atoms with Crippen molar-refractivity contribution in [3.8, 4) is 0 Å². The molecule has 0 bridgehead atoms. The Hall–Kier alpha value is -0.380. The first-order valence-corrected chi connectivity index (χ1v) is 4.46. The average molecular weight is 159 g/mol. The average Bonchev–Trinajstić information content (AvgIpc) is 2.05. The van der Waals surface area contributed by atoms with Crippen LogP contribution in [0, 0.1) is 0 Å². The van der Waals surface area contributed by atoms with Crippen LogP contribution >= 0.6 is 11.8 Å². The first-order chi connectivity index (χ1) is 4.84. The molecule has 0 unspecified atom stereocenters. The number of rotatable bonds is 0. The standard InChI is InChI=1S/C6H12N2OS/c1-7-6(9)8-2-4-10-5-3-8/h2-5H2,1H3,(H,7,9)/p-1. The van der Waals surface area contributed by atoms with E-state index in [4.69, 9.17) is 0 Å². The summed E-state index contributed by atoms with van der Waals surface area (Å²) in [7, 11) is 1.55. The highest BCUT2D eigenvalue weighted by Gasteiger charge is 2.07. The van der Waals surface area contributed by atoms with Gasteiger partial charge < -0.3 is 10.0 Å². The van der Waals surface area contributed by atoms with Crippen LogP contribution in [0.5, 0.6) is 0 Å². The molecule has 1 aliphatic heterocycles. The van der Waals surface area contributed by atoms with E-state index < -0.39 is 0 Å². The zero-order valence-electron chi connectivity index (χ0n) is 6.04. The van der Waals surface area contributed by atoms with Gasteiger partial charge in [0.2, 0.25) is 0 Å². The van der Waals surface area contributed by atoms with Gasteiger partial charge in [0.15, 0.2) is 0 Å². The van der Waals surface area contributed by atoms with E-state index >= 15 is 0 Å². The first kappa shape index (κ1) is 7.72. The minimum Gasteiger partial charge on any atom is -0.846 e. The molecular formula is C6H11N2OS-. The molecule has 58 valence electrons. The largest absolute Gasteiger partial charge is 0.846 e. The second-order valence-corrected chi connectivity index (χ2v) is 3.33. The maximum atomic E-state index is 10.9. The zero-order valence-corrected chi connectivity index (χ0v) is 6.86. The van der Waals surface area contributed by atoms with Crippen molar-refractivity contribution >= 4 is 17.8 Å². The van der Waals surface area contributed by atoms with Crippen LogP contribution in [0.2, 0.25) is 0 Å². The summed E-state index contributed by atoms with van der Waals surface area (Å²) in [4.78, 5) is 5.38. The molecule has 0 radical (unpaired) electrons. The Balaban J connectivity index is 2.39. The van der Waals surface area contributed by atoms with Gasteiger partial charge in [-0.25, -0.2) is 0 Å². The minimum atomic E-state index is -0.0692. The molecule has 1 rings (SSSR count). The van der Waals surface area contributed by atoms with Crippen LogP contribution < -0.4 is 5.11 Å². The van der Waals surface area contributed by atoms with E-state index in [0.717, 1.165) is 24.6 Å². The van der Waals surface area contributed by atoms with Crippen LogP contribution in [0.1, 0.15) is 0 Å². The van der Waals surface area contributed by atoms with E-state index in [1.165, 1.54) is 0 Å². The highest BCUT2D eigenvalue weighted by atomic mass is 32.2. The number of hydrogen-bond acceptors (Lipinski definition) is 3. The quantitative estimate of drug-likeness (QED) is 0.349. The van der Waals surface area contributed by atoms with Crippen LogP contribution in [0.3, 0.4) is 0 Å².